The van der Waals surface area contributed by atoms with Gasteiger partial charge in [0, 0.05) is 19.5 Å². The lowest BCUT2D eigenvalue weighted by Crippen LogP contribution is -2.63. The molecule has 0 aromatic carbocycles. The average molecular weight is 332 g/mol. The first-order valence-corrected chi connectivity index (χ1v) is 7.93. The molecule has 1 aromatic heterocycles. The molecule has 2 heterocycles. The smallest absolute Gasteiger partial charge is 0.411 e. The van der Waals surface area contributed by atoms with E-state index in [9.17, 15) is 18.0 Å². The van der Waals surface area contributed by atoms with E-state index in [2.05, 4.69) is 5.32 Å². The Hall–Kier alpha value is -1.50. The van der Waals surface area contributed by atoms with E-state index in [4.69, 9.17) is 4.42 Å². The lowest BCUT2D eigenvalue weighted by molar-refractivity contribution is -0.205. The van der Waals surface area contributed by atoms with Gasteiger partial charge in [-0.2, -0.15) is 13.2 Å². The predicted octanol–water partition coefficient (Wildman–Crippen LogP) is 3.30. The van der Waals surface area contributed by atoms with Gasteiger partial charge in [0.1, 0.15) is 11.3 Å². The van der Waals surface area contributed by atoms with E-state index in [0.717, 1.165) is 5.56 Å². The van der Waals surface area contributed by atoms with Gasteiger partial charge in [-0.3, -0.25) is 4.79 Å². The van der Waals surface area contributed by atoms with Gasteiger partial charge in [-0.05, 0) is 37.9 Å². The molecule has 2 rings (SSSR count). The molecule has 1 saturated heterocycles. The first-order chi connectivity index (χ1) is 10.7. The summed E-state index contributed by atoms with van der Waals surface area (Å²) < 4.78 is 46.1. The molecule has 0 aliphatic carbocycles. The van der Waals surface area contributed by atoms with Crippen molar-refractivity contribution in [3.63, 3.8) is 0 Å². The zero-order valence-corrected chi connectivity index (χ0v) is 13.7. The van der Waals surface area contributed by atoms with Crippen LogP contribution in [0.25, 0.3) is 0 Å². The van der Waals surface area contributed by atoms with Gasteiger partial charge in [0.2, 0.25) is 0 Å². The van der Waals surface area contributed by atoms with Crippen LogP contribution in [-0.2, 0) is 6.42 Å². The van der Waals surface area contributed by atoms with E-state index < -0.39 is 17.6 Å². The predicted molar refractivity (Wildman–Crippen MR) is 80.4 cm³/mol. The Morgan fingerprint density at radius 3 is 2.39 bits per heavy atom. The highest BCUT2D eigenvalue weighted by Crippen LogP contribution is 2.38. The van der Waals surface area contributed by atoms with Gasteiger partial charge < -0.3 is 14.6 Å². The van der Waals surface area contributed by atoms with E-state index in [1.165, 1.54) is 6.07 Å². The standard InChI is InChI=1S/C16H23F3N2O2/c1-4-12-11(3)10-13(23-12)14(22)20-15(16(17,18)19)6-8-21(5-2)9-7-15/h10H,4-9H2,1-3H3,(H,20,22). The number of furan rings is 1. The Morgan fingerprint density at radius 2 is 1.96 bits per heavy atom. The lowest BCUT2D eigenvalue weighted by atomic mass is 9.86. The van der Waals surface area contributed by atoms with Gasteiger partial charge in [0.05, 0.1) is 0 Å². The third-order valence-electron chi connectivity index (χ3n) is 4.62. The maximum absolute atomic E-state index is 13.6. The number of carbonyl (C=O) groups is 1. The van der Waals surface area contributed by atoms with Crippen molar-refractivity contribution in [1.82, 2.24) is 10.2 Å². The van der Waals surface area contributed by atoms with Crippen LogP contribution in [0, 0.1) is 6.92 Å². The van der Waals surface area contributed by atoms with E-state index in [1.54, 1.807) is 6.92 Å². The lowest BCUT2D eigenvalue weighted by Gasteiger charge is -2.42. The number of aryl methyl sites for hydroxylation is 2. The van der Waals surface area contributed by atoms with Crippen molar-refractivity contribution in [1.29, 1.82) is 0 Å². The molecule has 1 amide bonds. The van der Waals surface area contributed by atoms with Crippen molar-refractivity contribution >= 4 is 5.91 Å². The second kappa shape index (κ2) is 6.55. The fourth-order valence-electron chi connectivity index (χ4n) is 2.99. The van der Waals surface area contributed by atoms with Crippen molar-refractivity contribution < 1.29 is 22.4 Å². The average Bonchev–Trinajstić information content (AvgIpc) is 2.88. The molecule has 0 saturated carbocycles. The molecule has 7 heteroatoms. The summed E-state index contributed by atoms with van der Waals surface area (Å²) in [6.07, 6.45) is -4.18. The molecule has 1 fully saturated rings. The number of amides is 1. The zero-order chi connectivity index (χ0) is 17.3. The molecule has 1 aliphatic rings. The fraction of sp³-hybridized carbons (Fsp3) is 0.688. The maximum atomic E-state index is 13.6. The van der Waals surface area contributed by atoms with Gasteiger partial charge in [-0.25, -0.2) is 0 Å². The molecule has 1 aromatic rings. The van der Waals surface area contributed by atoms with Crippen molar-refractivity contribution in [2.45, 2.75) is 51.7 Å². The highest BCUT2D eigenvalue weighted by Gasteiger charge is 2.56. The van der Waals surface area contributed by atoms with Crippen molar-refractivity contribution in [3.8, 4) is 0 Å². The minimum Gasteiger partial charge on any atom is -0.456 e. The van der Waals surface area contributed by atoms with Gasteiger partial charge in [0.25, 0.3) is 5.91 Å². The number of hydrogen-bond donors (Lipinski definition) is 1. The molecule has 0 radical (unpaired) electrons. The minimum absolute atomic E-state index is 0.0547. The number of likely N-dealkylation sites (tertiary alicyclic amines) is 1. The van der Waals surface area contributed by atoms with E-state index in [0.29, 0.717) is 31.8 Å². The molecule has 0 atom stereocenters. The first kappa shape index (κ1) is 17.8. The van der Waals surface area contributed by atoms with Gasteiger partial charge in [0.15, 0.2) is 5.76 Å². The molecule has 1 N–H and O–H groups in total. The summed E-state index contributed by atoms with van der Waals surface area (Å²) >= 11 is 0. The van der Waals surface area contributed by atoms with Crippen LogP contribution in [0.15, 0.2) is 10.5 Å². The SMILES string of the molecule is CCc1oc(C(=O)NC2(C(F)(F)F)CCN(CC)CC2)cc1C. The van der Waals surface area contributed by atoms with Crippen LogP contribution < -0.4 is 5.32 Å². The highest BCUT2D eigenvalue weighted by atomic mass is 19.4. The number of carbonyl (C=O) groups excluding carboxylic acids is 1. The normalized spacial score (nSPS) is 18.9. The quantitative estimate of drug-likeness (QED) is 0.920. The van der Waals surface area contributed by atoms with Crippen molar-refractivity contribution in [2.75, 3.05) is 19.6 Å². The summed E-state index contributed by atoms with van der Waals surface area (Å²) in [5, 5.41) is 2.21. The van der Waals surface area contributed by atoms with Crippen molar-refractivity contribution in [2.24, 2.45) is 0 Å². The Bertz CT molecular complexity index is 558. The molecule has 0 bridgehead atoms. The minimum atomic E-state index is -4.49. The molecule has 0 unspecified atom stereocenters. The Balaban J connectivity index is 2.19. The molecule has 1 aliphatic heterocycles. The largest absolute Gasteiger partial charge is 0.456 e. The van der Waals surface area contributed by atoms with Crippen LogP contribution in [0.5, 0.6) is 0 Å². The highest BCUT2D eigenvalue weighted by molar-refractivity contribution is 5.92. The number of halogens is 3. The van der Waals surface area contributed by atoms with Crippen LogP contribution in [-0.4, -0.2) is 42.2 Å². The van der Waals surface area contributed by atoms with Gasteiger partial charge in [-0.1, -0.05) is 13.8 Å². The number of hydrogen-bond acceptors (Lipinski definition) is 3. The van der Waals surface area contributed by atoms with Crippen LogP contribution in [0.4, 0.5) is 13.2 Å². The Morgan fingerprint density at radius 1 is 1.35 bits per heavy atom. The number of nitrogens with zero attached hydrogens (tertiary/aromatic N) is 1. The van der Waals surface area contributed by atoms with Gasteiger partial charge in [-0.15, -0.1) is 0 Å². The molecule has 23 heavy (non-hydrogen) atoms. The van der Waals surface area contributed by atoms with E-state index in [1.807, 2.05) is 18.7 Å². The summed E-state index contributed by atoms with van der Waals surface area (Å²) in [6.45, 7) is 6.89. The topological polar surface area (TPSA) is 45.5 Å². The van der Waals surface area contributed by atoms with Crippen LogP contribution in [0.3, 0.4) is 0 Å². The van der Waals surface area contributed by atoms with Crippen LogP contribution >= 0.6 is 0 Å². The van der Waals surface area contributed by atoms with Gasteiger partial charge >= 0.3 is 6.18 Å². The van der Waals surface area contributed by atoms with Crippen LogP contribution in [0.2, 0.25) is 0 Å². The monoisotopic (exact) mass is 332 g/mol. The third kappa shape index (κ3) is 3.54. The number of piperidine rings is 1. The second-order valence-electron chi connectivity index (χ2n) is 6.04. The second-order valence-corrected chi connectivity index (χ2v) is 6.04. The summed E-state index contributed by atoms with van der Waals surface area (Å²) in [5.41, 5.74) is -1.40. The van der Waals surface area contributed by atoms with Crippen LogP contribution in [0.1, 0.15) is 48.6 Å². The molecular weight excluding hydrogens is 309 g/mol. The molecule has 0 spiro atoms. The molecule has 4 nitrogen and oxygen atoms in total. The zero-order valence-electron chi connectivity index (χ0n) is 13.7. The fourth-order valence-corrected chi connectivity index (χ4v) is 2.99. The Kier molecular flexibility index (Phi) is 5.08. The number of alkyl halides is 3. The Labute approximate surface area is 134 Å². The third-order valence-corrected chi connectivity index (χ3v) is 4.62. The van der Waals surface area contributed by atoms with Crippen molar-refractivity contribution in [3.05, 3.63) is 23.2 Å². The van der Waals surface area contributed by atoms with E-state index >= 15 is 0 Å². The summed E-state index contributed by atoms with van der Waals surface area (Å²) in [7, 11) is 0. The first-order valence-electron chi connectivity index (χ1n) is 7.93. The summed E-state index contributed by atoms with van der Waals surface area (Å²) in [4.78, 5) is 14.2. The number of rotatable bonds is 4. The summed E-state index contributed by atoms with van der Waals surface area (Å²) in [5.74, 6) is -0.229. The molecule has 130 valence electrons. The summed E-state index contributed by atoms with van der Waals surface area (Å²) in [6, 6.07) is 1.50. The van der Waals surface area contributed by atoms with E-state index in [-0.39, 0.29) is 18.6 Å². The molecular formula is C16H23F3N2O2. The number of nitrogens with one attached hydrogen (secondary N) is 1. The maximum Gasteiger partial charge on any atom is 0.411 e.